The van der Waals surface area contributed by atoms with Gasteiger partial charge in [0.15, 0.2) is 0 Å². The molecule has 3 nitrogen and oxygen atoms in total. The van der Waals surface area contributed by atoms with E-state index in [1.807, 2.05) is 0 Å². The quantitative estimate of drug-likeness (QED) is 0.625. The summed E-state index contributed by atoms with van der Waals surface area (Å²) in [5.74, 6) is 0. The van der Waals surface area contributed by atoms with Gasteiger partial charge in [0.2, 0.25) is 0 Å². The second-order valence-corrected chi connectivity index (χ2v) is 2.20. The van der Waals surface area contributed by atoms with Crippen LogP contribution in [0.5, 0.6) is 0 Å². The number of benzene rings is 1. The van der Waals surface area contributed by atoms with Gasteiger partial charge in [-0.1, -0.05) is 17.6 Å². The number of hydrogen-bond acceptors (Lipinski definition) is 3. The Labute approximate surface area is 86.0 Å². The average molecular weight is 185 g/mol. The minimum absolute atomic E-state index is 0.0204. The molecule has 0 saturated heterocycles. The van der Waals surface area contributed by atoms with Crippen LogP contribution >= 0.6 is 0 Å². The Bertz CT molecular complexity index is 462. The van der Waals surface area contributed by atoms with Crippen LogP contribution in [0.25, 0.3) is 0 Å². The Hall–Kier alpha value is -1.60. The zero-order chi connectivity index (χ0) is 15.3. The van der Waals surface area contributed by atoms with Crippen LogP contribution < -0.4 is 5.73 Å². The minimum Gasteiger partial charge on any atom is -0.398 e. The zero-order valence-corrected chi connectivity index (χ0v) is 7.05. The van der Waals surface area contributed by atoms with Crippen LogP contribution in [0, 0.1) is 20.7 Å². The van der Waals surface area contributed by atoms with Gasteiger partial charge in [0, 0.05) is 11.2 Å². The third-order valence-corrected chi connectivity index (χ3v) is 1.22. The molecule has 0 fully saturated rings. The summed E-state index contributed by atoms with van der Waals surface area (Å²) in [7, 11) is 0. The van der Waals surface area contributed by atoms with Crippen LogP contribution in [0.3, 0.4) is 0 Å². The Morgan fingerprint density at radius 2 is 1.77 bits per heavy atom. The highest BCUT2D eigenvalue weighted by molar-refractivity contribution is 5.54. The lowest BCUT2D eigenvalue weighted by Gasteiger charge is -2.04. The maximum atomic E-state index is 8.12. The molecule has 0 saturated carbocycles. The minimum atomic E-state index is -1.44. The predicted molar refractivity (Wildman–Crippen MR) is 50.1 cm³/mol. The van der Waals surface area contributed by atoms with Crippen LogP contribution in [0.4, 0.5) is 5.69 Å². The molecule has 0 aromatic heterocycles. The van der Waals surface area contributed by atoms with Gasteiger partial charge in [-0.3, -0.25) is 0 Å². The summed E-state index contributed by atoms with van der Waals surface area (Å²) in [6.07, 6.45) is 0.250. The van der Waals surface area contributed by atoms with Crippen LogP contribution in [0.1, 0.15) is 24.9 Å². The third-order valence-electron chi connectivity index (χ3n) is 1.22. The maximum Gasteiger partial charge on any atom is 0.373 e. The van der Waals surface area contributed by atoms with Crippen molar-refractivity contribution in [3.63, 3.8) is 0 Å². The molecular formula is C10H13NO2. The molecule has 0 amide bonds. The lowest BCUT2D eigenvalue weighted by molar-refractivity contribution is -0.191. The predicted octanol–water partition coefficient (Wildman–Crippen LogP) is 1.61. The highest BCUT2D eigenvalue weighted by atomic mass is 16.2. The van der Waals surface area contributed by atoms with Gasteiger partial charge < -0.3 is 5.73 Å². The van der Waals surface area contributed by atoms with E-state index in [1.54, 1.807) is 0 Å². The summed E-state index contributed by atoms with van der Waals surface area (Å²) in [6, 6.07) is -0.219. The molecule has 0 spiro atoms. The molecule has 0 unspecified atom stereocenters. The lowest BCUT2D eigenvalue weighted by Crippen LogP contribution is -1.93. The molecule has 3 heteroatoms. The van der Waals surface area contributed by atoms with Crippen molar-refractivity contribution in [3.05, 3.63) is 28.8 Å². The molecule has 0 bridgehead atoms. The van der Waals surface area contributed by atoms with E-state index in [-0.39, 0.29) is 40.6 Å². The molecule has 0 heterocycles. The van der Waals surface area contributed by atoms with Gasteiger partial charge >= 0.3 is 6.15 Å². The molecule has 0 aliphatic heterocycles. The summed E-state index contributed by atoms with van der Waals surface area (Å²) < 4.78 is 44.5. The first kappa shape index (κ1) is 4.58. The highest BCUT2D eigenvalue weighted by Gasteiger charge is 1.96. The van der Waals surface area contributed by atoms with Gasteiger partial charge in [0.1, 0.15) is 0 Å². The number of nitrogens with two attached hydrogens (primary N) is 1. The van der Waals surface area contributed by atoms with Gasteiger partial charge in [0.05, 0.1) is 2.74 Å². The molecular weight excluding hydrogens is 166 g/mol. The highest BCUT2D eigenvalue weighted by Crippen LogP contribution is 2.17. The van der Waals surface area contributed by atoms with Crippen LogP contribution in [-0.4, -0.2) is 6.15 Å². The van der Waals surface area contributed by atoms with Crippen LogP contribution in [0.2, 0.25) is 0 Å². The normalized spacial score (nSPS) is 15.3. The van der Waals surface area contributed by atoms with Crippen molar-refractivity contribution in [2.45, 2.75) is 20.7 Å². The SMILES string of the molecule is O=C=O.[2H]c1c(C)c([2H])c(C([2H])[2H])c(N)c1C([2H])[2H]. The van der Waals surface area contributed by atoms with Gasteiger partial charge in [0.25, 0.3) is 0 Å². The number of nitrogen functional groups attached to an aromatic ring is 1. The van der Waals surface area contributed by atoms with E-state index in [2.05, 4.69) is 0 Å². The van der Waals surface area contributed by atoms with E-state index >= 15 is 0 Å². The van der Waals surface area contributed by atoms with Gasteiger partial charge in [-0.15, -0.1) is 0 Å². The molecule has 1 rings (SSSR count). The van der Waals surface area contributed by atoms with E-state index in [9.17, 15) is 0 Å². The lowest BCUT2D eigenvalue weighted by atomic mass is 10.1. The molecule has 0 aliphatic carbocycles. The summed E-state index contributed by atoms with van der Waals surface area (Å²) in [5.41, 5.74) is 5.75. The number of anilines is 1. The molecule has 1 aromatic carbocycles. The number of hydrogen-bond donors (Lipinski definition) is 1. The Balaban J connectivity index is 0.000000982. The Morgan fingerprint density at radius 3 is 2.08 bits per heavy atom. The Kier molecular flexibility index (Phi) is 1.80. The summed E-state index contributed by atoms with van der Waals surface area (Å²) in [5, 5.41) is 0. The van der Waals surface area contributed by atoms with Crippen molar-refractivity contribution >= 4 is 11.8 Å². The standard InChI is InChI=1S/C9H13N.CO2/c1-6-4-7(2)9(10)8(3)5-6;2-1-3/h4-5H,10H2,1-3H3;/i2D2,3D2,4D,5D;. The van der Waals surface area contributed by atoms with Crippen LogP contribution in [-0.2, 0) is 9.59 Å². The first-order valence-electron chi connectivity index (χ1n) is 6.58. The van der Waals surface area contributed by atoms with Crippen molar-refractivity contribution in [1.82, 2.24) is 0 Å². The van der Waals surface area contributed by atoms with Crippen molar-refractivity contribution in [2.24, 2.45) is 0 Å². The molecule has 70 valence electrons. The molecule has 13 heavy (non-hydrogen) atoms. The van der Waals surface area contributed by atoms with E-state index in [4.69, 9.17) is 23.5 Å². The van der Waals surface area contributed by atoms with Crippen molar-refractivity contribution < 1.29 is 17.8 Å². The van der Waals surface area contributed by atoms with Gasteiger partial charge in [-0.25, -0.2) is 0 Å². The smallest absolute Gasteiger partial charge is 0.373 e. The fraction of sp³-hybridized carbons (Fsp3) is 0.300. The summed E-state index contributed by atoms with van der Waals surface area (Å²) in [4.78, 5) is 16.2. The summed E-state index contributed by atoms with van der Waals surface area (Å²) >= 11 is 0. The molecule has 2 N–H and O–H groups in total. The number of rotatable bonds is 0. The first-order chi connectivity index (χ1) is 8.70. The van der Waals surface area contributed by atoms with Gasteiger partial charge in [-0.2, -0.15) is 9.59 Å². The van der Waals surface area contributed by atoms with Crippen LogP contribution in [0.15, 0.2) is 12.1 Å². The number of carbonyl (C=O) groups excluding carboxylic acids is 2. The molecule has 0 aliphatic rings. The topological polar surface area (TPSA) is 60.2 Å². The first-order valence-corrected chi connectivity index (χ1v) is 3.27. The fourth-order valence-electron chi connectivity index (χ4n) is 0.715. The summed E-state index contributed by atoms with van der Waals surface area (Å²) in [6.45, 7) is -1.38. The second-order valence-electron chi connectivity index (χ2n) is 2.20. The molecule has 0 radical (unpaired) electrons. The van der Waals surface area contributed by atoms with E-state index in [0.29, 0.717) is 0 Å². The third kappa shape index (κ3) is 3.54. The zero-order valence-electron chi connectivity index (χ0n) is 13.0. The van der Waals surface area contributed by atoms with E-state index in [1.165, 1.54) is 6.92 Å². The Morgan fingerprint density at radius 1 is 1.38 bits per heavy atom. The van der Waals surface area contributed by atoms with Crippen molar-refractivity contribution in [1.29, 1.82) is 0 Å². The molecule has 0 atom stereocenters. The van der Waals surface area contributed by atoms with Crippen molar-refractivity contribution in [3.8, 4) is 0 Å². The maximum absolute atomic E-state index is 8.12. The fourth-order valence-corrected chi connectivity index (χ4v) is 0.715. The largest absolute Gasteiger partial charge is 0.398 e. The van der Waals surface area contributed by atoms with Gasteiger partial charge in [-0.05, 0) is 31.8 Å². The average Bonchev–Trinajstić information content (AvgIpc) is 2.26. The van der Waals surface area contributed by atoms with E-state index in [0.717, 1.165) is 0 Å². The monoisotopic (exact) mass is 185 g/mol. The van der Waals surface area contributed by atoms with Crippen molar-refractivity contribution in [2.75, 3.05) is 5.73 Å². The second kappa shape index (κ2) is 5.12. The molecule has 1 aromatic rings. The van der Waals surface area contributed by atoms with E-state index < -0.39 is 13.8 Å².